The van der Waals surface area contributed by atoms with Crippen molar-refractivity contribution < 1.29 is 19.1 Å². The lowest BCUT2D eigenvalue weighted by atomic mass is 9.87. The minimum Gasteiger partial charge on any atom is -0.497 e. The Morgan fingerprint density at radius 2 is 1.56 bits per heavy atom. The number of hydrogen-bond acceptors (Lipinski definition) is 5. The quantitative estimate of drug-likeness (QED) is 0.363. The number of methoxy groups -OCH3 is 1. The molecule has 0 heterocycles. The van der Waals surface area contributed by atoms with Gasteiger partial charge in [0.05, 0.1) is 7.11 Å². The van der Waals surface area contributed by atoms with Gasteiger partial charge < -0.3 is 20.0 Å². The molecule has 2 aromatic carbocycles. The first-order valence-corrected chi connectivity index (χ1v) is 8.66. The van der Waals surface area contributed by atoms with Gasteiger partial charge in [0.15, 0.2) is 11.9 Å². The molecule has 2 aromatic rings. The second-order valence-electron chi connectivity index (χ2n) is 7.15. The normalized spacial score (nSPS) is 13.0. The molecule has 6 heteroatoms. The summed E-state index contributed by atoms with van der Waals surface area (Å²) in [6.07, 6.45) is -0.821. The number of carbonyl (C=O) groups excluding carboxylic acids is 1. The average molecular weight is 370 g/mol. The molecule has 0 fully saturated rings. The summed E-state index contributed by atoms with van der Waals surface area (Å²) in [6, 6.07) is 14.6. The van der Waals surface area contributed by atoms with Crippen LogP contribution in [0.4, 0.5) is 0 Å². The maximum atomic E-state index is 12.1. The first-order valence-electron chi connectivity index (χ1n) is 8.66. The first-order chi connectivity index (χ1) is 12.7. The number of benzene rings is 2. The Kier molecular flexibility index (Phi) is 6.45. The monoisotopic (exact) mass is 370 g/mol. The zero-order valence-corrected chi connectivity index (χ0v) is 16.4. The number of nitrogens with two attached hydrogens (primary N) is 1. The molecule has 1 atom stereocenters. The van der Waals surface area contributed by atoms with Crippen LogP contribution in [0.5, 0.6) is 11.5 Å². The van der Waals surface area contributed by atoms with Crippen molar-refractivity contribution in [2.24, 2.45) is 10.9 Å². The third-order valence-electron chi connectivity index (χ3n) is 3.98. The van der Waals surface area contributed by atoms with Gasteiger partial charge in [-0.3, -0.25) is 0 Å². The van der Waals surface area contributed by atoms with Crippen molar-refractivity contribution in [3.05, 3.63) is 59.7 Å². The van der Waals surface area contributed by atoms with Crippen LogP contribution in [0.15, 0.2) is 53.7 Å². The van der Waals surface area contributed by atoms with Crippen LogP contribution in [-0.4, -0.2) is 25.0 Å². The fraction of sp³-hybridized carbons (Fsp3) is 0.333. The number of oxime groups is 1. The van der Waals surface area contributed by atoms with Crippen molar-refractivity contribution in [2.75, 3.05) is 7.11 Å². The highest BCUT2D eigenvalue weighted by atomic mass is 16.7. The van der Waals surface area contributed by atoms with E-state index in [1.807, 2.05) is 24.3 Å². The van der Waals surface area contributed by atoms with E-state index in [4.69, 9.17) is 20.0 Å². The summed E-state index contributed by atoms with van der Waals surface area (Å²) >= 11 is 0. The highest BCUT2D eigenvalue weighted by molar-refractivity contribution is 5.97. The zero-order valence-electron chi connectivity index (χ0n) is 16.4. The summed E-state index contributed by atoms with van der Waals surface area (Å²) in [5.41, 5.74) is 7.69. The predicted molar refractivity (Wildman–Crippen MR) is 105 cm³/mol. The molecule has 0 saturated carbocycles. The zero-order chi connectivity index (χ0) is 20.0. The van der Waals surface area contributed by atoms with Crippen molar-refractivity contribution in [2.45, 2.75) is 39.2 Å². The lowest BCUT2D eigenvalue weighted by molar-refractivity contribution is -0.151. The fourth-order valence-corrected chi connectivity index (χ4v) is 2.27. The molecule has 2 N–H and O–H groups in total. The number of rotatable bonds is 6. The van der Waals surface area contributed by atoms with Crippen molar-refractivity contribution in [1.82, 2.24) is 0 Å². The minimum absolute atomic E-state index is 0.0524. The van der Waals surface area contributed by atoms with Gasteiger partial charge in [0, 0.05) is 5.56 Å². The van der Waals surface area contributed by atoms with Crippen molar-refractivity contribution >= 4 is 11.8 Å². The van der Waals surface area contributed by atoms with Gasteiger partial charge in [-0.25, -0.2) is 4.79 Å². The average Bonchev–Trinajstić information content (AvgIpc) is 2.65. The Labute approximate surface area is 159 Å². The molecule has 6 nitrogen and oxygen atoms in total. The Hall–Kier alpha value is -3.02. The van der Waals surface area contributed by atoms with Gasteiger partial charge in [0.25, 0.3) is 0 Å². The maximum absolute atomic E-state index is 12.1. The van der Waals surface area contributed by atoms with Crippen LogP contribution in [-0.2, 0) is 15.0 Å². The molecular weight excluding hydrogens is 344 g/mol. The van der Waals surface area contributed by atoms with E-state index in [0.29, 0.717) is 17.1 Å². The molecular formula is C21H26N2O4. The van der Waals surface area contributed by atoms with Crippen LogP contribution in [0.1, 0.15) is 38.8 Å². The van der Waals surface area contributed by atoms with Crippen molar-refractivity contribution in [3.63, 3.8) is 0 Å². The van der Waals surface area contributed by atoms with E-state index in [0.717, 1.165) is 0 Å². The number of amidine groups is 1. The van der Waals surface area contributed by atoms with Crippen LogP contribution in [0.25, 0.3) is 0 Å². The summed E-state index contributed by atoms with van der Waals surface area (Å²) in [7, 11) is 1.58. The minimum atomic E-state index is -0.821. The van der Waals surface area contributed by atoms with Crippen LogP contribution < -0.4 is 15.2 Å². The second-order valence-corrected chi connectivity index (χ2v) is 7.15. The Morgan fingerprint density at radius 1 is 1.00 bits per heavy atom. The lowest BCUT2D eigenvalue weighted by Gasteiger charge is -2.19. The van der Waals surface area contributed by atoms with E-state index in [2.05, 4.69) is 25.9 Å². The molecule has 0 aliphatic carbocycles. The van der Waals surface area contributed by atoms with E-state index in [1.165, 1.54) is 5.56 Å². The molecule has 2 rings (SSSR count). The number of nitrogens with zero attached hydrogens (tertiary/aromatic N) is 1. The topological polar surface area (TPSA) is 83.1 Å². The van der Waals surface area contributed by atoms with Gasteiger partial charge >= 0.3 is 5.97 Å². The molecule has 27 heavy (non-hydrogen) atoms. The van der Waals surface area contributed by atoms with Crippen molar-refractivity contribution in [3.8, 4) is 11.5 Å². The Morgan fingerprint density at radius 3 is 2.07 bits per heavy atom. The smallest absolute Gasteiger partial charge is 0.374 e. The maximum Gasteiger partial charge on any atom is 0.374 e. The molecule has 0 bridgehead atoms. The highest BCUT2D eigenvalue weighted by Crippen LogP contribution is 2.24. The molecule has 0 aromatic heterocycles. The molecule has 0 amide bonds. The predicted octanol–water partition coefficient (Wildman–Crippen LogP) is 3.62. The standard InChI is InChI=1S/C21H26N2O4/c1-14(26-18-12-8-16(9-13-18)21(2,3)4)20(24)27-23-19(22)15-6-10-17(25-5)11-7-15/h6-14H,1-5H3,(H2,22,23)/t14-/m1/s1. The number of ether oxygens (including phenoxy) is 2. The SMILES string of the molecule is COc1ccc(/C(N)=N\OC(=O)[C@@H](C)Oc2ccc(C(C)(C)C)cc2)cc1. The van der Waals surface area contributed by atoms with Gasteiger partial charge in [-0.05, 0) is 54.3 Å². The lowest BCUT2D eigenvalue weighted by Crippen LogP contribution is -2.26. The van der Waals surface area contributed by atoms with E-state index < -0.39 is 12.1 Å². The summed E-state index contributed by atoms with van der Waals surface area (Å²) in [5, 5.41) is 3.68. The Bertz CT molecular complexity index is 790. The fourth-order valence-electron chi connectivity index (χ4n) is 2.27. The Balaban J connectivity index is 1.94. The van der Waals surface area contributed by atoms with Crippen LogP contribution in [0, 0.1) is 0 Å². The molecule has 144 valence electrons. The van der Waals surface area contributed by atoms with Gasteiger partial charge in [0.1, 0.15) is 11.5 Å². The summed E-state index contributed by atoms with van der Waals surface area (Å²) in [5.74, 6) is 0.738. The molecule has 0 aliphatic heterocycles. The van der Waals surface area contributed by atoms with Gasteiger partial charge in [-0.15, -0.1) is 0 Å². The van der Waals surface area contributed by atoms with Crippen LogP contribution in [0.3, 0.4) is 0 Å². The molecule has 0 unspecified atom stereocenters. The summed E-state index contributed by atoms with van der Waals surface area (Å²) in [6.45, 7) is 8.00. The van der Waals surface area contributed by atoms with E-state index in [1.54, 1.807) is 38.3 Å². The summed E-state index contributed by atoms with van der Waals surface area (Å²) < 4.78 is 10.7. The highest BCUT2D eigenvalue weighted by Gasteiger charge is 2.18. The van der Waals surface area contributed by atoms with E-state index >= 15 is 0 Å². The van der Waals surface area contributed by atoms with Gasteiger partial charge in [-0.2, -0.15) is 0 Å². The van der Waals surface area contributed by atoms with E-state index in [9.17, 15) is 4.79 Å². The second kappa shape index (κ2) is 8.58. The van der Waals surface area contributed by atoms with Crippen LogP contribution >= 0.6 is 0 Å². The van der Waals surface area contributed by atoms with E-state index in [-0.39, 0.29) is 11.3 Å². The van der Waals surface area contributed by atoms with Gasteiger partial charge in [-0.1, -0.05) is 38.1 Å². The number of carbonyl (C=O) groups is 1. The van der Waals surface area contributed by atoms with Crippen molar-refractivity contribution in [1.29, 1.82) is 0 Å². The van der Waals surface area contributed by atoms with Crippen LogP contribution in [0.2, 0.25) is 0 Å². The number of hydrogen-bond donors (Lipinski definition) is 1. The van der Waals surface area contributed by atoms with Gasteiger partial charge in [0.2, 0.25) is 0 Å². The molecule has 0 aliphatic rings. The molecule has 0 spiro atoms. The third kappa shape index (κ3) is 5.74. The first kappa shape index (κ1) is 20.3. The largest absolute Gasteiger partial charge is 0.497 e. The molecule has 0 radical (unpaired) electrons. The third-order valence-corrected chi connectivity index (χ3v) is 3.98. The summed E-state index contributed by atoms with van der Waals surface area (Å²) in [4.78, 5) is 17.0. The molecule has 0 saturated heterocycles.